The first-order chi connectivity index (χ1) is 11.2. The molecule has 1 saturated heterocycles. The largest absolute Gasteiger partial charge is 0.491 e. The maximum Gasteiger partial charge on any atom is 0.256 e. The molecule has 1 atom stereocenters. The van der Waals surface area contributed by atoms with Gasteiger partial charge in [0.25, 0.3) is 5.91 Å². The van der Waals surface area contributed by atoms with E-state index < -0.39 is 0 Å². The molecule has 0 spiro atoms. The summed E-state index contributed by atoms with van der Waals surface area (Å²) in [4.78, 5) is 16.3. The Hall–Kier alpha value is -2.40. The van der Waals surface area contributed by atoms with E-state index in [2.05, 4.69) is 10.3 Å². The summed E-state index contributed by atoms with van der Waals surface area (Å²) < 4.78 is 11.2. The van der Waals surface area contributed by atoms with Crippen molar-refractivity contribution < 1.29 is 14.3 Å². The summed E-state index contributed by atoms with van der Waals surface area (Å²) in [5, 5.41) is 2.77. The van der Waals surface area contributed by atoms with Crippen LogP contribution in [0.4, 0.5) is 5.82 Å². The molecule has 1 amide bonds. The molecular formula is C18H20N2O3. The summed E-state index contributed by atoms with van der Waals surface area (Å²) in [6.07, 6.45) is 4.05. The lowest BCUT2D eigenvalue weighted by atomic mass is 10.2. The molecule has 0 unspecified atom stereocenters. The van der Waals surface area contributed by atoms with Crippen molar-refractivity contribution in [2.24, 2.45) is 0 Å². The van der Waals surface area contributed by atoms with Gasteiger partial charge in [-0.25, -0.2) is 4.98 Å². The molecule has 1 aliphatic heterocycles. The smallest absolute Gasteiger partial charge is 0.256 e. The summed E-state index contributed by atoms with van der Waals surface area (Å²) in [7, 11) is 0. The molecule has 1 fully saturated rings. The minimum absolute atomic E-state index is 0.186. The Morgan fingerprint density at radius 2 is 2.13 bits per heavy atom. The Kier molecular flexibility index (Phi) is 4.88. The summed E-state index contributed by atoms with van der Waals surface area (Å²) in [6, 6.07) is 10.8. The van der Waals surface area contributed by atoms with E-state index in [4.69, 9.17) is 9.47 Å². The van der Waals surface area contributed by atoms with Crippen molar-refractivity contribution in [1.29, 1.82) is 0 Å². The predicted molar refractivity (Wildman–Crippen MR) is 87.8 cm³/mol. The number of anilines is 1. The third kappa shape index (κ3) is 4.29. The van der Waals surface area contributed by atoms with Gasteiger partial charge in [0.05, 0.1) is 6.10 Å². The number of hydrogen-bond donors (Lipinski definition) is 1. The van der Waals surface area contributed by atoms with Gasteiger partial charge in [0.15, 0.2) is 0 Å². The van der Waals surface area contributed by atoms with Gasteiger partial charge in [0.2, 0.25) is 0 Å². The second kappa shape index (κ2) is 7.24. The maximum absolute atomic E-state index is 12.2. The number of carbonyl (C=O) groups is 1. The molecule has 5 heteroatoms. The number of pyridine rings is 1. The van der Waals surface area contributed by atoms with Crippen molar-refractivity contribution in [1.82, 2.24) is 4.98 Å². The minimum atomic E-state index is -0.188. The highest BCUT2D eigenvalue weighted by atomic mass is 16.5. The standard InChI is InChI=1S/C18H20N2O3/c1-13-4-9-17(19-11-13)20-18(21)14-5-7-15(8-6-14)23-12-16-3-2-10-22-16/h4-9,11,16H,2-3,10,12H2,1H3,(H,19,20,21)/t16-/m0/s1. The molecule has 0 saturated carbocycles. The Balaban J connectivity index is 1.55. The van der Waals surface area contributed by atoms with Gasteiger partial charge in [-0.15, -0.1) is 0 Å². The van der Waals surface area contributed by atoms with Crippen LogP contribution in [-0.4, -0.2) is 30.2 Å². The van der Waals surface area contributed by atoms with Crippen LogP contribution >= 0.6 is 0 Å². The van der Waals surface area contributed by atoms with Crippen molar-refractivity contribution in [3.8, 4) is 5.75 Å². The number of rotatable bonds is 5. The lowest BCUT2D eigenvalue weighted by molar-refractivity contribution is 0.0679. The van der Waals surface area contributed by atoms with E-state index in [1.165, 1.54) is 0 Å². The number of aromatic nitrogens is 1. The molecule has 0 aliphatic carbocycles. The maximum atomic E-state index is 12.2. The Morgan fingerprint density at radius 1 is 1.30 bits per heavy atom. The Bertz CT molecular complexity index is 647. The molecule has 23 heavy (non-hydrogen) atoms. The van der Waals surface area contributed by atoms with E-state index in [0.29, 0.717) is 18.0 Å². The average Bonchev–Trinajstić information content (AvgIpc) is 3.09. The van der Waals surface area contributed by atoms with Gasteiger partial charge in [-0.05, 0) is 55.7 Å². The van der Waals surface area contributed by atoms with Gasteiger partial charge in [-0.3, -0.25) is 4.79 Å². The number of aryl methyl sites for hydroxylation is 1. The number of benzene rings is 1. The van der Waals surface area contributed by atoms with Gasteiger partial charge >= 0.3 is 0 Å². The van der Waals surface area contributed by atoms with Crippen LogP contribution in [-0.2, 0) is 4.74 Å². The third-order valence-corrected chi connectivity index (χ3v) is 3.73. The van der Waals surface area contributed by atoms with Crippen molar-refractivity contribution >= 4 is 11.7 Å². The Labute approximate surface area is 135 Å². The zero-order valence-electron chi connectivity index (χ0n) is 13.1. The Morgan fingerprint density at radius 3 is 2.78 bits per heavy atom. The quantitative estimate of drug-likeness (QED) is 0.921. The minimum Gasteiger partial charge on any atom is -0.491 e. The summed E-state index contributed by atoms with van der Waals surface area (Å²) in [5.74, 6) is 1.09. The molecular weight excluding hydrogens is 292 g/mol. The van der Waals surface area contributed by atoms with E-state index in [1.807, 2.05) is 13.0 Å². The fourth-order valence-corrected chi connectivity index (χ4v) is 2.40. The lowest BCUT2D eigenvalue weighted by Crippen LogP contribution is -2.16. The summed E-state index contributed by atoms with van der Waals surface area (Å²) in [5.41, 5.74) is 1.62. The topological polar surface area (TPSA) is 60.5 Å². The number of nitrogens with zero attached hydrogens (tertiary/aromatic N) is 1. The van der Waals surface area contributed by atoms with Crippen LogP contribution in [0.1, 0.15) is 28.8 Å². The van der Waals surface area contributed by atoms with Crippen molar-refractivity contribution in [3.63, 3.8) is 0 Å². The molecule has 3 rings (SSSR count). The summed E-state index contributed by atoms with van der Waals surface area (Å²) in [6.45, 7) is 3.33. The normalized spacial score (nSPS) is 17.0. The first-order valence-corrected chi connectivity index (χ1v) is 7.79. The van der Waals surface area contributed by atoms with E-state index in [1.54, 1.807) is 36.5 Å². The number of nitrogens with one attached hydrogen (secondary N) is 1. The second-order valence-corrected chi connectivity index (χ2v) is 5.65. The highest BCUT2D eigenvalue weighted by molar-refractivity contribution is 6.03. The third-order valence-electron chi connectivity index (χ3n) is 3.73. The highest BCUT2D eigenvalue weighted by Crippen LogP contribution is 2.17. The molecule has 0 radical (unpaired) electrons. The lowest BCUT2D eigenvalue weighted by Gasteiger charge is -2.11. The van der Waals surface area contributed by atoms with Crippen molar-refractivity contribution in [3.05, 3.63) is 53.7 Å². The van der Waals surface area contributed by atoms with Crippen LogP contribution in [0, 0.1) is 6.92 Å². The van der Waals surface area contributed by atoms with Crippen LogP contribution < -0.4 is 10.1 Å². The summed E-state index contributed by atoms with van der Waals surface area (Å²) >= 11 is 0. The van der Waals surface area contributed by atoms with E-state index >= 15 is 0 Å². The molecule has 2 aromatic rings. The van der Waals surface area contributed by atoms with Gasteiger partial charge < -0.3 is 14.8 Å². The molecule has 5 nitrogen and oxygen atoms in total. The first kappa shape index (κ1) is 15.5. The fraction of sp³-hybridized carbons (Fsp3) is 0.333. The number of ether oxygens (including phenoxy) is 2. The van der Waals surface area contributed by atoms with Crippen LogP contribution in [0.25, 0.3) is 0 Å². The number of amides is 1. The fourth-order valence-electron chi connectivity index (χ4n) is 2.40. The van der Waals surface area contributed by atoms with Crippen LogP contribution in [0.15, 0.2) is 42.6 Å². The molecule has 1 N–H and O–H groups in total. The van der Waals surface area contributed by atoms with Crippen molar-refractivity contribution in [2.45, 2.75) is 25.9 Å². The zero-order valence-corrected chi connectivity index (χ0v) is 13.1. The van der Waals surface area contributed by atoms with Gasteiger partial charge in [-0.1, -0.05) is 6.07 Å². The molecule has 1 aromatic heterocycles. The molecule has 2 heterocycles. The average molecular weight is 312 g/mol. The second-order valence-electron chi connectivity index (χ2n) is 5.65. The van der Waals surface area contributed by atoms with Gasteiger partial charge in [0.1, 0.15) is 18.2 Å². The molecule has 0 bridgehead atoms. The van der Waals surface area contributed by atoms with Gasteiger partial charge in [0, 0.05) is 18.4 Å². The number of carbonyl (C=O) groups excluding carboxylic acids is 1. The van der Waals surface area contributed by atoms with E-state index in [0.717, 1.165) is 30.8 Å². The van der Waals surface area contributed by atoms with Crippen LogP contribution in [0.2, 0.25) is 0 Å². The SMILES string of the molecule is Cc1ccc(NC(=O)c2ccc(OC[C@@H]3CCCO3)cc2)nc1. The first-order valence-electron chi connectivity index (χ1n) is 7.79. The van der Waals surface area contributed by atoms with Crippen LogP contribution in [0.3, 0.4) is 0 Å². The predicted octanol–water partition coefficient (Wildman–Crippen LogP) is 3.20. The van der Waals surface area contributed by atoms with E-state index in [9.17, 15) is 4.79 Å². The highest BCUT2D eigenvalue weighted by Gasteiger charge is 2.16. The van der Waals surface area contributed by atoms with Crippen molar-refractivity contribution in [2.75, 3.05) is 18.5 Å². The van der Waals surface area contributed by atoms with Gasteiger partial charge in [-0.2, -0.15) is 0 Å². The molecule has 1 aromatic carbocycles. The van der Waals surface area contributed by atoms with Crippen LogP contribution in [0.5, 0.6) is 5.75 Å². The monoisotopic (exact) mass is 312 g/mol. The zero-order chi connectivity index (χ0) is 16.1. The van der Waals surface area contributed by atoms with E-state index in [-0.39, 0.29) is 12.0 Å². The number of hydrogen-bond acceptors (Lipinski definition) is 4. The molecule has 1 aliphatic rings. The molecule has 120 valence electrons.